The smallest absolute Gasteiger partial charge is 0.314 e. The Balaban J connectivity index is 1.70. The third-order valence-electron chi connectivity index (χ3n) is 3.01. The Hall–Kier alpha value is -2.67. The van der Waals surface area contributed by atoms with Crippen molar-refractivity contribution in [1.29, 1.82) is 0 Å². The predicted octanol–water partition coefficient (Wildman–Crippen LogP) is 2.90. The normalized spacial score (nSPS) is 10.4. The summed E-state index contributed by atoms with van der Waals surface area (Å²) in [4.78, 5) is 30.9. The lowest BCUT2D eigenvalue weighted by Gasteiger charge is -2.08. The van der Waals surface area contributed by atoms with Gasteiger partial charge in [-0.05, 0) is 46.3 Å². The van der Waals surface area contributed by atoms with E-state index in [0.717, 1.165) is 11.0 Å². The van der Waals surface area contributed by atoms with Crippen LogP contribution in [0.2, 0.25) is 0 Å². The molecule has 0 aliphatic rings. The summed E-state index contributed by atoms with van der Waals surface area (Å²) in [5.74, 6) is -1.48. The van der Waals surface area contributed by atoms with Gasteiger partial charge in [0.05, 0.1) is 23.0 Å². The Morgan fingerprint density at radius 3 is 2.64 bits per heavy atom. The van der Waals surface area contributed by atoms with Gasteiger partial charge in [-0.2, -0.15) is 0 Å². The monoisotopic (exact) mass is 358 g/mol. The number of anilines is 2. The number of halogens is 1. The Morgan fingerprint density at radius 2 is 1.82 bits per heavy atom. The van der Waals surface area contributed by atoms with E-state index in [-0.39, 0.29) is 0 Å². The molecular weight excluding hydrogens is 348 g/mol. The van der Waals surface area contributed by atoms with Crippen LogP contribution in [0.5, 0.6) is 0 Å². The quantitative estimate of drug-likeness (QED) is 0.615. The van der Waals surface area contributed by atoms with E-state index in [9.17, 15) is 9.59 Å². The van der Waals surface area contributed by atoms with E-state index in [1.807, 2.05) is 6.07 Å². The summed E-state index contributed by atoms with van der Waals surface area (Å²) in [7, 11) is 0. The van der Waals surface area contributed by atoms with Crippen molar-refractivity contribution in [3.63, 3.8) is 0 Å². The molecule has 1 heterocycles. The number of para-hydroxylation sites is 1. The van der Waals surface area contributed by atoms with Crippen LogP contribution in [0.1, 0.15) is 0 Å². The molecule has 6 nitrogen and oxygen atoms in total. The molecular formula is C15H11BrN4O2. The van der Waals surface area contributed by atoms with E-state index < -0.39 is 11.8 Å². The van der Waals surface area contributed by atoms with Gasteiger partial charge in [0.15, 0.2) is 0 Å². The lowest BCUT2D eigenvalue weighted by Crippen LogP contribution is -2.29. The molecule has 110 valence electrons. The van der Waals surface area contributed by atoms with E-state index in [4.69, 9.17) is 0 Å². The fraction of sp³-hybridized carbons (Fsp3) is 0. The Kier molecular flexibility index (Phi) is 3.88. The van der Waals surface area contributed by atoms with E-state index in [1.165, 1.54) is 0 Å². The van der Waals surface area contributed by atoms with Crippen molar-refractivity contribution in [3.05, 3.63) is 53.3 Å². The van der Waals surface area contributed by atoms with Crippen molar-refractivity contribution >= 4 is 50.2 Å². The highest BCUT2D eigenvalue weighted by molar-refractivity contribution is 9.10. The minimum absolute atomic E-state index is 0.518. The molecule has 3 N–H and O–H groups in total. The maximum Gasteiger partial charge on any atom is 0.314 e. The molecule has 0 spiro atoms. The largest absolute Gasteiger partial charge is 0.345 e. The van der Waals surface area contributed by atoms with Crippen molar-refractivity contribution in [3.8, 4) is 0 Å². The number of aromatic amines is 1. The zero-order valence-electron chi connectivity index (χ0n) is 11.3. The first-order valence-corrected chi connectivity index (χ1v) is 7.23. The molecule has 1 aromatic heterocycles. The number of hydrogen-bond acceptors (Lipinski definition) is 3. The van der Waals surface area contributed by atoms with Crippen LogP contribution in [0, 0.1) is 0 Å². The number of carbonyl (C=O) groups is 2. The van der Waals surface area contributed by atoms with Crippen LogP contribution in [-0.2, 0) is 9.59 Å². The number of hydrogen-bond donors (Lipinski definition) is 3. The summed E-state index contributed by atoms with van der Waals surface area (Å²) in [6.07, 6.45) is 1.57. The topological polar surface area (TPSA) is 86.9 Å². The highest BCUT2D eigenvalue weighted by atomic mass is 79.9. The lowest BCUT2D eigenvalue weighted by molar-refractivity contribution is -0.133. The van der Waals surface area contributed by atoms with Crippen molar-refractivity contribution in [1.82, 2.24) is 9.97 Å². The van der Waals surface area contributed by atoms with Gasteiger partial charge in [0.2, 0.25) is 0 Å². The number of benzene rings is 2. The van der Waals surface area contributed by atoms with Crippen LogP contribution in [0.3, 0.4) is 0 Å². The summed E-state index contributed by atoms with van der Waals surface area (Å²) >= 11 is 3.31. The zero-order valence-corrected chi connectivity index (χ0v) is 12.8. The molecule has 7 heteroatoms. The van der Waals surface area contributed by atoms with Gasteiger partial charge in [-0.25, -0.2) is 4.98 Å². The van der Waals surface area contributed by atoms with Crippen LogP contribution in [0.25, 0.3) is 11.0 Å². The average molecular weight is 359 g/mol. The number of imidazole rings is 1. The number of rotatable bonds is 2. The number of nitrogens with zero attached hydrogens (tertiary/aromatic N) is 1. The lowest BCUT2D eigenvalue weighted by atomic mass is 10.2. The minimum atomic E-state index is -0.741. The summed E-state index contributed by atoms with van der Waals surface area (Å²) in [6.45, 7) is 0. The summed E-state index contributed by atoms with van der Waals surface area (Å²) in [6, 6.07) is 12.2. The number of fused-ring (bicyclic) bond motifs is 1. The molecule has 0 atom stereocenters. The van der Waals surface area contributed by atoms with E-state index in [1.54, 1.807) is 42.7 Å². The van der Waals surface area contributed by atoms with Gasteiger partial charge in [0.25, 0.3) is 0 Å². The van der Waals surface area contributed by atoms with Gasteiger partial charge >= 0.3 is 11.8 Å². The SMILES string of the molecule is O=C(Nc1ccc2nc[nH]c2c1)C(=O)Nc1ccccc1Br. The first-order valence-electron chi connectivity index (χ1n) is 6.43. The number of nitrogens with one attached hydrogen (secondary N) is 3. The molecule has 0 saturated carbocycles. The molecule has 0 bridgehead atoms. The van der Waals surface area contributed by atoms with Gasteiger partial charge in [0, 0.05) is 10.2 Å². The highest BCUT2D eigenvalue weighted by Gasteiger charge is 2.15. The van der Waals surface area contributed by atoms with Crippen LogP contribution in [0.4, 0.5) is 11.4 Å². The summed E-state index contributed by atoms with van der Waals surface area (Å²) in [5.41, 5.74) is 2.62. The first-order chi connectivity index (χ1) is 10.6. The number of carbonyl (C=O) groups excluding carboxylic acids is 2. The van der Waals surface area contributed by atoms with Crippen molar-refractivity contribution in [2.45, 2.75) is 0 Å². The maximum absolute atomic E-state index is 11.9. The molecule has 0 fully saturated rings. The van der Waals surface area contributed by atoms with Crippen LogP contribution in [-0.4, -0.2) is 21.8 Å². The number of aromatic nitrogens is 2. The molecule has 2 amide bonds. The molecule has 3 aromatic rings. The van der Waals surface area contributed by atoms with Crippen molar-refractivity contribution < 1.29 is 9.59 Å². The second kappa shape index (κ2) is 5.98. The van der Waals surface area contributed by atoms with Crippen LogP contribution >= 0.6 is 15.9 Å². The van der Waals surface area contributed by atoms with Crippen LogP contribution in [0.15, 0.2) is 53.3 Å². The summed E-state index contributed by atoms with van der Waals surface area (Å²) < 4.78 is 0.704. The van der Waals surface area contributed by atoms with Gasteiger partial charge < -0.3 is 15.6 Å². The molecule has 0 unspecified atom stereocenters. The molecule has 0 aliphatic carbocycles. The second-order valence-corrected chi connectivity index (χ2v) is 5.38. The predicted molar refractivity (Wildman–Crippen MR) is 87.5 cm³/mol. The fourth-order valence-corrected chi connectivity index (χ4v) is 2.33. The highest BCUT2D eigenvalue weighted by Crippen LogP contribution is 2.21. The third kappa shape index (κ3) is 2.99. The van der Waals surface area contributed by atoms with Crippen molar-refractivity contribution in [2.75, 3.05) is 10.6 Å². The average Bonchev–Trinajstić information content (AvgIpc) is 2.97. The molecule has 0 radical (unpaired) electrons. The standard InChI is InChI=1S/C15H11BrN4O2/c16-10-3-1-2-4-11(10)20-15(22)14(21)19-9-5-6-12-13(7-9)18-8-17-12/h1-8H,(H,17,18)(H,19,21)(H,20,22). The number of H-pyrrole nitrogens is 1. The maximum atomic E-state index is 11.9. The van der Waals surface area contributed by atoms with Gasteiger partial charge in [0.1, 0.15) is 0 Å². The van der Waals surface area contributed by atoms with Gasteiger partial charge in [-0.15, -0.1) is 0 Å². The van der Waals surface area contributed by atoms with E-state index in [0.29, 0.717) is 15.8 Å². The Morgan fingerprint density at radius 1 is 1.05 bits per heavy atom. The fourth-order valence-electron chi connectivity index (χ4n) is 1.94. The number of amides is 2. The first kappa shape index (κ1) is 14.3. The van der Waals surface area contributed by atoms with Crippen molar-refractivity contribution in [2.24, 2.45) is 0 Å². The Bertz CT molecular complexity index is 859. The molecule has 3 rings (SSSR count). The van der Waals surface area contributed by atoms with E-state index in [2.05, 4.69) is 36.5 Å². The molecule has 0 aliphatic heterocycles. The second-order valence-electron chi connectivity index (χ2n) is 4.52. The van der Waals surface area contributed by atoms with E-state index >= 15 is 0 Å². The molecule has 0 saturated heterocycles. The van der Waals surface area contributed by atoms with Gasteiger partial charge in [-0.3, -0.25) is 9.59 Å². The van der Waals surface area contributed by atoms with Crippen LogP contribution < -0.4 is 10.6 Å². The Labute approximate surface area is 134 Å². The molecule has 22 heavy (non-hydrogen) atoms. The summed E-state index contributed by atoms with van der Waals surface area (Å²) in [5, 5.41) is 5.09. The van der Waals surface area contributed by atoms with Gasteiger partial charge in [-0.1, -0.05) is 12.1 Å². The zero-order chi connectivity index (χ0) is 15.5. The third-order valence-corrected chi connectivity index (χ3v) is 3.70. The minimum Gasteiger partial charge on any atom is -0.345 e. The molecule has 2 aromatic carbocycles.